The van der Waals surface area contributed by atoms with E-state index >= 15 is 0 Å². The van der Waals surface area contributed by atoms with Crippen molar-refractivity contribution < 1.29 is 4.79 Å². The fourth-order valence-electron chi connectivity index (χ4n) is 2.34. The molecule has 114 valence electrons. The Kier molecular flexibility index (Phi) is 5.48. The molecule has 22 heavy (non-hydrogen) atoms. The quantitative estimate of drug-likeness (QED) is 0.764. The molecule has 0 fully saturated rings. The molecule has 0 unspecified atom stereocenters. The predicted molar refractivity (Wildman–Crippen MR) is 89.4 cm³/mol. The predicted octanol–water partition coefficient (Wildman–Crippen LogP) is 3.54. The van der Waals surface area contributed by atoms with Crippen molar-refractivity contribution in [3.05, 3.63) is 77.6 Å². The van der Waals surface area contributed by atoms with Crippen LogP contribution in [0.5, 0.6) is 0 Å². The van der Waals surface area contributed by atoms with Gasteiger partial charge in [0.2, 0.25) is 5.91 Å². The molecule has 2 aromatic rings. The molecule has 0 bridgehead atoms. The normalized spacial score (nSPS) is 10.3. The summed E-state index contributed by atoms with van der Waals surface area (Å²) in [6, 6.07) is 12.0. The van der Waals surface area contributed by atoms with Crippen molar-refractivity contribution >= 4 is 5.91 Å². The number of pyridine rings is 1. The minimum absolute atomic E-state index is 0.112. The molecule has 0 radical (unpaired) electrons. The molecule has 3 heteroatoms. The number of aromatic nitrogens is 1. The Labute approximate surface area is 132 Å². The average Bonchev–Trinajstić information content (AvgIpc) is 2.49. The van der Waals surface area contributed by atoms with Gasteiger partial charge in [0, 0.05) is 25.5 Å². The standard InChI is InChI=1S/C19H22N2O/c1-15(2)13-21(14-17-7-5-4-6-8-17)19(22)11-18-9-10-20-12-16(18)3/h4-10,12H,1,11,13-14H2,2-3H3. The molecule has 0 atom stereocenters. The van der Waals surface area contributed by atoms with Crippen LogP contribution in [0.15, 0.2) is 60.9 Å². The van der Waals surface area contributed by atoms with Gasteiger partial charge in [0.1, 0.15) is 0 Å². The zero-order valence-corrected chi connectivity index (χ0v) is 13.2. The summed E-state index contributed by atoms with van der Waals surface area (Å²) in [6.07, 6.45) is 3.92. The van der Waals surface area contributed by atoms with E-state index in [1.54, 1.807) is 12.4 Å². The van der Waals surface area contributed by atoms with Gasteiger partial charge in [-0.15, -0.1) is 0 Å². The minimum atomic E-state index is 0.112. The third-order valence-corrected chi connectivity index (χ3v) is 3.51. The monoisotopic (exact) mass is 294 g/mol. The topological polar surface area (TPSA) is 33.2 Å². The van der Waals surface area contributed by atoms with Crippen LogP contribution in [0.25, 0.3) is 0 Å². The lowest BCUT2D eigenvalue weighted by molar-refractivity contribution is -0.130. The van der Waals surface area contributed by atoms with Gasteiger partial charge in [-0.1, -0.05) is 42.5 Å². The number of carbonyl (C=O) groups excluding carboxylic acids is 1. The minimum Gasteiger partial charge on any atom is -0.334 e. The molecule has 0 aliphatic rings. The highest BCUT2D eigenvalue weighted by molar-refractivity contribution is 5.79. The van der Waals surface area contributed by atoms with Crippen molar-refractivity contribution in [3.63, 3.8) is 0 Å². The first kappa shape index (κ1) is 16.0. The second-order valence-corrected chi connectivity index (χ2v) is 5.67. The summed E-state index contributed by atoms with van der Waals surface area (Å²) in [7, 11) is 0. The highest BCUT2D eigenvalue weighted by atomic mass is 16.2. The van der Waals surface area contributed by atoms with E-state index in [4.69, 9.17) is 0 Å². The zero-order valence-electron chi connectivity index (χ0n) is 13.2. The molecule has 0 saturated heterocycles. The first-order valence-electron chi connectivity index (χ1n) is 7.42. The smallest absolute Gasteiger partial charge is 0.227 e. The number of benzene rings is 1. The van der Waals surface area contributed by atoms with Gasteiger partial charge in [0.25, 0.3) is 0 Å². The van der Waals surface area contributed by atoms with Crippen molar-refractivity contribution in [2.24, 2.45) is 0 Å². The summed E-state index contributed by atoms with van der Waals surface area (Å²) in [5, 5.41) is 0. The molecule has 1 aromatic carbocycles. The van der Waals surface area contributed by atoms with E-state index in [0.717, 1.165) is 22.3 Å². The van der Waals surface area contributed by atoms with Crippen LogP contribution in [-0.2, 0) is 17.8 Å². The van der Waals surface area contributed by atoms with E-state index < -0.39 is 0 Å². The first-order chi connectivity index (χ1) is 10.6. The zero-order chi connectivity index (χ0) is 15.9. The van der Waals surface area contributed by atoms with E-state index in [-0.39, 0.29) is 5.91 Å². The van der Waals surface area contributed by atoms with E-state index in [1.165, 1.54) is 0 Å². The van der Waals surface area contributed by atoms with Gasteiger partial charge in [0.15, 0.2) is 0 Å². The molecule has 1 amide bonds. The van der Waals surface area contributed by atoms with Crippen LogP contribution in [-0.4, -0.2) is 22.3 Å². The Morgan fingerprint density at radius 2 is 1.95 bits per heavy atom. The van der Waals surface area contributed by atoms with E-state index in [9.17, 15) is 4.79 Å². The maximum absolute atomic E-state index is 12.7. The highest BCUT2D eigenvalue weighted by Crippen LogP contribution is 2.12. The van der Waals surface area contributed by atoms with Gasteiger partial charge in [0.05, 0.1) is 6.42 Å². The van der Waals surface area contributed by atoms with Crippen LogP contribution in [0.3, 0.4) is 0 Å². The van der Waals surface area contributed by atoms with E-state index in [0.29, 0.717) is 19.5 Å². The van der Waals surface area contributed by atoms with Crippen LogP contribution in [0.1, 0.15) is 23.6 Å². The molecule has 0 aliphatic carbocycles. The summed E-state index contributed by atoms with van der Waals surface area (Å²) in [4.78, 5) is 18.6. The number of aryl methyl sites for hydroxylation is 1. The molecule has 2 rings (SSSR count). The second kappa shape index (κ2) is 7.55. The van der Waals surface area contributed by atoms with Crippen molar-refractivity contribution in [3.8, 4) is 0 Å². The maximum Gasteiger partial charge on any atom is 0.227 e. The molecule has 0 aliphatic heterocycles. The van der Waals surface area contributed by atoms with Crippen molar-refractivity contribution in [1.29, 1.82) is 0 Å². The molecule has 3 nitrogen and oxygen atoms in total. The second-order valence-electron chi connectivity index (χ2n) is 5.67. The summed E-state index contributed by atoms with van der Waals surface area (Å²) < 4.78 is 0. The summed E-state index contributed by atoms with van der Waals surface area (Å²) in [6.45, 7) is 9.06. The number of nitrogens with zero attached hydrogens (tertiary/aromatic N) is 2. The van der Waals surface area contributed by atoms with Crippen molar-refractivity contribution in [2.45, 2.75) is 26.8 Å². The first-order valence-corrected chi connectivity index (χ1v) is 7.42. The van der Waals surface area contributed by atoms with Gasteiger partial charge in [-0.25, -0.2) is 0 Å². The van der Waals surface area contributed by atoms with Crippen LogP contribution < -0.4 is 0 Å². The number of carbonyl (C=O) groups is 1. The SMILES string of the molecule is C=C(C)CN(Cc1ccccc1)C(=O)Cc1ccncc1C. The van der Waals surface area contributed by atoms with Gasteiger partial charge in [-0.3, -0.25) is 9.78 Å². The molecular formula is C19H22N2O. The molecule has 0 N–H and O–H groups in total. The third-order valence-electron chi connectivity index (χ3n) is 3.51. The lowest BCUT2D eigenvalue weighted by atomic mass is 10.1. The fourth-order valence-corrected chi connectivity index (χ4v) is 2.34. The lowest BCUT2D eigenvalue weighted by Gasteiger charge is -2.23. The van der Waals surface area contributed by atoms with Crippen LogP contribution >= 0.6 is 0 Å². The number of rotatable bonds is 6. The summed E-state index contributed by atoms with van der Waals surface area (Å²) in [5.74, 6) is 0.112. The van der Waals surface area contributed by atoms with E-state index in [1.807, 2.05) is 55.1 Å². The average molecular weight is 294 g/mol. The van der Waals surface area contributed by atoms with Gasteiger partial charge in [-0.2, -0.15) is 0 Å². The third kappa shape index (κ3) is 4.55. The maximum atomic E-state index is 12.7. The van der Waals surface area contributed by atoms with Crippen molar-refractivity contribution in [1.82, 2.24) is 9.88 Å². The molecular weight excluding hydrogens is 272 g/mol. The highest BCUT2D eigenvalue weighted by Gasteiger charge is 2.15. The van der Waals surface area contributed by atoms with Gasteiger partial charge in [-0.05, 0) is 36.6 Å². The largest absolute Gasteiger partial charge is 0.334 e. The molecule has 0 spiro atoms. The molecule has 1 heterocycles. The Morgan fingerprint density at radius 1 is 1.23 bits per heavy atom. The number of hydrogen-bond donors (Lipinski definition) is 0. The lowest BCUT2D eigenvalue weighted by Crippen LogP contribution is -2.33. The summed E-state index contributed by atoms with van der Waals surface area (Å²) in [5.41, 5.74) is 4.19. The number of amides is 1. The Morgan fingerprint density at radius 3 is 2.59 bits per heavy atom. The number of hydrogen-bond acceptors (Lipinski definition) is 2. The van der Waals surface area contributed by atoms with Crippen LogP contribution in [0.4, 0.5) is 0 Å². The fraction of sp³-hybridized carbons (Fsp3) is 0.263. The summed E-state index contributed by atoms with van der Waals surface area (Å²) >= 11 is 0. The Hall–Kier alpha value is -2.42. The van der Waals surface area contributed by atoms with Crippen molar-refractivity contribution in [2.75, 3.05) is 6.54 Å². The Bertz CT molecular complexity index is 649. The van der Waals surface area contributed by atoms with E-state index in [2.05, 4.69) is 11.6 Å². The van der Waals surface area contributed by atoms with Crippen LogP contribution in [0, 0.1) is 6.92 Å². The van der Waals surface area contributed by atoms with Crippen LogP contribution in [0.2, 0.25) is 0 Å². The Balaban J connectivity index is 2.12. The molecule has 1 aromatic heterocycles. The van der Waals surface area contributed by atoms with Gasteiger partial charge < -0.3 is 4.90 Å². The molecule has 0 saturated carbocycles. The van der Waals surface area contributed by atoms with Gasteiger partial charge >= 0.3 is 0 Å².